The van der Waals surface area contributed by atoms with Crippen LogP contribution >= 0.6 is 0 Å². The number of carbonyl (C=O) groups is 1. The molecule has 2 N–H and O–H groups in total. The first-order valence-corrected chi connectivity index (χ1v) is 8.65. The summed E-state index contributed by atoms with van der Waals surface area (Å²) in [4.78, 5) is 17.3. The molecule has 0 unspecified atom stereocenters. The summed E-state index contributed by atoms with van der Waals surface area (Å²) in [5, 5.41) is 10.1. The van der Waals surface area contributed by atoms with E-state index in [0.29, 0.717) is 34.2 Å². The van der Waals surface area contributed by atoms with E-state index in [2.05, 4.69) is 20.7 Å². The summed E-state index contributed by atoms with van der Waals surface area (Å²) in [6.07, 6.45) is 1.37. The molecule has 1 atom stereocenters. The molecule has 8 heteroatoms. The van der Waals surface area contributed by atoms with Gasteiger partial charge < -0.3 is 15.4 Å². The zero-order chi connectivity index (χ0) is 19.7. The van der Waals surface area contributed by atoms with Crippen molar-refractivity contribution in [1.82, 2.24) is 14.8 Å². The number of aromatic nitrogens is 3. The van der Waals surface area contributed by atoms with Crippen molar-refractivity contribution in [1.29, 1.82) is 0 Å². The summed E-state index contributed by atoms with van der Waals surface area (Å²) in [6.45, 7) is 1.76. The Labute approximate surface area is 160 Å². The number of fused-ring (bicyclic) bond motifs is 1. The van der Waals surface area contributed by atoms with Gasteiger partial charge in [0, 0.05) is 16.9 Å². The molecule has 0 saturated carbocycles. The summed E-state index contributed by atoms with van der Waals surface area (Å²) >= 11 is 0. The number of hydrogen-bond donors (Lipinski definition) is 2. The maximum atomic E-state index is 14.6. The summed E-state index contributed by atoms with van der Waals surface area (Å²) in [5.41, 5.74) is 1.89. The second-order valence-corrected chi connectivity index (χ2v) is 6.30. The standard InChI is InChI=1S/C20H18FN5O2/c1-12-17(19(27)25-13-7-9-14(28-2)10-8-13)18(15-5-3-4-6-16(15)21)26-20(24-12)22-11-23-26/h3-11,18H,1-2H3,(H,25,27)(H,22,23,24)/t18-/m0/s1. The van der Waals surface area contributed by atoms with Gasteiger partial charge in [0.05, 0.1) is 12.7 Å². The van der Waals surface area contributed by atoms with E-state index in [0.717, 1.165) is 0 Å². The van der Waals surface area contributed by atoms with Crippen LogP contribution in [0.4, 0.5) is 16.0 Å². The van der Waals surface area contributed by atoms with Crippen LogP contribution in [0.15, 0.2) is 66.1 Å². The molecule has 0 bridgehead atoms. The molecule has 2 aromatic carbocycles. The minimum Gasteiger partial charge on any atom is -0.497 e. The number of rotatable bonds is 4. The zero-order valence-corrected chi connectivity index (χ0v) is 15.3. The maximum Gasteiger partial charge on any atom is 0.255 e. The van der Waals surface area contributed by atoms with E-state index in [9.17, 15) is 9.18 Å². The number of carbonyl (C=O) groups excluding carboxylic acids is 1. The number of halogens is 1. The summed E-state index contributed by atoms with van der Waals surface area (Å²) in [6, 6.07) is 12.6. The van der Waals surface area contributed by atoms with E-state index in [1.54, 1.807) is 56.5 Å². The smallest absolute Gasteiger partial charge is 0.255 e. The lowest BCUT2D eigenvalue weighted by atomic mass is 9.94. The molecule has 7 nitrogen and oxygen atoms in total. The molecule has 2 heterocycles. The monoisotopic (exact) mass is 379 g/mol. The molecular formula is C20H18FN5O2. The molecular weight excluding hydrogens is 361 g/mol. The van der Waals surface area contributed by atoms with Crippen LogP contribution in [-0.2, 0) is 4.79 Å². The van der Waals surface area contributed by atoms with Crippen molar-refractivity contribution in [3.63, 3.8) is 0 Å². The van der Waals surface area contributed by atoms with Crippen molar-refractivity contribution in [3.8, 4) is 5.75 Å². The number of methoxy groups -OCH3 is 1. The van der Waals surface area contributed by atoms with Gasteiger partial charge in [-0.2, -0.15) is 10.1 Å². The molecule has 1 aliphatic rings. The molecule has 0 saturated heterocycles. The first-order chi connectivity index (χ1) is 13.6. The SMILES string of the molecule is COc1ccc(NC(=O)C2=C(C)Nc3ncnn3[C@H]2c2ccccc2F)cc1. The Balaban J connectivity index is 1.74. The van der Waals surface area contributed by atoms with Crippen LogP contribution in [0, 0.1) is 5.82 Å². The molecule has 142 valence electrons. The van der Waals surface area contributed by atoms with Gasteiger partial charge in [-0.3, -0.25) is 4.79 Å². The van der Waals surface area contributed by atoms with Crippen LogP contribution in [0.25, 0.3) is 0 Å². The van der Waals surface area contributed by atoms with E-state index in [1.807, 2.05) is 0 Å². The van der Waals surface area contributed by atoms with Gasteiger partial charge in [-0.25, -0.2) is 9.07 Å². The topological polar surface area (TPSA) is 81.1 Å². The predicted octanol–water partition coefficient (Wildman–Crippen LogP) is 3.35. The largest absolute Gasteiger partial charge is 0.497 e. The Bertz CT molecular complexity index is 1060. The minimum atomic E-state index is -0.738. The average molecular weight is 379 g/mol. The molecule has 0 aliphatic carbocycles. The van der Waals surface area contributed by atoms with Gasteiger partial charge in [0.1, 0.15) is 23.9 Å². The minimum absolute atomic E-state index is 0.343. The summed E-state index contributed by atoms with van der Waals surface area (Å²) in [7, 11) is 1.57. The lowest BCUT2D eigenvalue weighted by molar-refractivity contribution is -0.113. The Morgan fingerprint density at radius 3 is 2.68 bits per heavy atom. The van der Waals surface area contributed by atoms with E-state index in [4.69, 9.17) is 4.74 Å². The normalized spacial score (nSPS) is 15.6. The van der Waals surface area contributed by atoms with Crippen LogP contribution in [0.2, 0.25) is 0 Å². The van der Waals surface area contributed by atoms with Crippen LogP contribution in [0.3, 0.4) is 0 Å². The van der Waals surface area contributed by atoms with Gasteiger partial charge >= 0.3 is 0 Å². The van der Waals surface area contributed by atoms with Crippen molar-refractivity contribution in [2.45, 2.75) is 13.0 Å². The van der Waals surface area contributed by atoms with Crippen molar-refractivity contribution in [2.75, 3.05) is 17.7 Å². The van der Waals surface area contributed by atoms with Crippen LogP contribution in [-0.4, -0.2) is 27.8 Å². The molecule has 3 aromatic rings. The first-order valence-electron chi connectivity index (χ1n) is 8.65. The van der Waals surface area contributed by atoms with Crippen LogP contribution in [0.5, 0.6) is 5.75 Å². The number of ether oxygens (including phenoxy) is 1. The molecule has 1 aromatic heterocycles. The zero-order valence-electron chi connectivity index (χ0n) is 15.3. The maximum absolute atomic E-state index is 14.6. The number of allylic oxidation sites excluding steroid dienone is 1. The fraction of sp³-hybridized carbons (Fsp3) is 0.150. The molecule has 0 spiro atoms. The molecule has 28 heavy (non-hydrogen) atoms. The van der Waals surface area contributed by atoms with Gasteiger partial charge in [-0.1, -0.05) is 18.2 Å². The Morgan fingerprint density at radius 1 is 1.21 bits per heavy atom. The fourth-order valence-electron chi connectivity index (χ4n) is 3.24. The number of anilines is 2. The lowest BCUT2D eigenvalue weighted by Crippen LogP contribution is -2.32. The Morgan fingerprint density at radius 2 is 1.96 bits per heavy atom. The number of nitrogens with one attached hydrogen (secondary N) is 2. The van der Waals surface area contributed by atoms with E-state index in [1.165, 1.54) is 17.1 Å². The van der Waals surface area contributed by atoms with E-state index in [-0.39, 0.29) is 5.91 Å². The van der Waals surface area contributed by atoms with Gasteiger partial charge in [0.2, 0.25) is 5.95 Å². The molecule has 0 radical (unpaired) electrons. The third-order valence-electron chi connectivity index (χ3n) is 4.59. The first kappa shape index (κ1) is 17.7. The van der Waals surface area contributed by atoms with Gasteiger partial charge in [-0.15, -0.1) is 0 Å². The number of nitrogens with zero attached hydrogens (tertiary/aromatic N) is 3. The van der Waals surface area contributed by atoms with Crippen LogP contribution < -0.4 is 15.4 Å². The van der Waals surface area contributed by atoms with Crippen LogP contribution in [0.1, 0.15) is 18.5 Å². The third-order valence-corrected chi connectivity index (χ3v) is 4.59. The highest BCUT2D eigenvalue weighted by molar-refractivity contribution is 6.06. The Kier molecular flexibility index (Phi) is 4.52. The van der Waals surface area contributed by atoms with Crippen molar-refractivity contribution in [3.05, 3.63) is 77.5 Å². The fourth-order valence-corrected chi connectivity index (χ4v) is 3.24. The molecule has 1 aliphatic heterocycles. The highest BCUT2D eigenvalue weighted by Crippen LogP contribution is 2.36. The van der Waals surface area contributed by atoms with Gasteiger partial charge in [0.15, 0.2) is 0 Å². The lowest BCUT2D eigenvalue weighted by Gasteiger charge is -2.29. The molecule has 0 fully saturated rings. The highest BCUT2D eigenvalue weighted by Gasteiger charge is 2.34. The van der Waals surface area contributed by atoms with Gasteiger partial charge in [-0.05, 0) is 37.3 Å². The highest BCUT2D eigenvalue weighted by atomic mass is 19.1. The quantitative estimate of drug-likeness (QED) is 0.727. The van der Waals surface area contributed by atoms with E-state index >= 15 is 0 Å². The molecule has 4 rings (SSSR count). The summed E-state index contributed by atoms with van der Waals surface area (Å²) < 4.78 is 21.2. The van der Waals surface area contributed by atoms with Crippen molar-refractivity contribution < 1.29 is 13.9 Å². The van der Waals surface area contributed by atoms with Crippen molar-refractivity contribution >= 4 is 17.5 Å². The van der Waals surface area contributed by atoms with E-state index < -0.39 is 11.9 Å². The number of benzene rings is 2. The average Bonchev–Trinajstić information content (AvgIpc) is 3.16. The number of amides is 1. The third kappa shape index (κ3) is 3.09. The van der Waals surface area contributed by atoms with Crippen molar-refractivity contribution in [2.24, 2.45) is 0 Å². The predicted molar refractivity (Wildman–Crippen MR) is 103 cm³/mol. The second-order valence-electron chi connectivity index (χ2n) is 6.30. The molecule has 1 amide bonds. The number of hydrogen-bond acceptors (Lipinski definition) is 5. The second kappa shape index (κ2) is 7.15. The summed E-state index contributed by atoms with van der Waals surface area (Å²) in [5.74, 6) is 0.360. The van der Waals surface area contributed by atoms with Gasteiger partial charge in [0.25, 0.3) is 5.91 Å². The Hall–Kier alpha value is -3.68.